The molecule has 1 aromatic heterocycles. The van der Waals surface area contributed by atoms with Gasteiger partial charge in [-0.2, -0.15) is 0 Å². The zero-order valence-electron chi connectivity index (χ0n) is 12.4. The maximum absolute atomic E-state index is 11.5. The molecule has 1 heterocycles. The van der Waals surface area contributed by atoms with E-state index in [4.69, 9.17) is 9.15 Å². The fraction of sp³-hybridized carbons (Fsp3) is 0.176. The fourth-order valence-corrected chi connectivity index (χ4v) is 2.14. The lowest BCUT2D eigenvalue weighted by Crippen LogP contribution is -2.09. The number of oxazole rings is 1. The van der Waals surface area contributed by atoms with Crippen LogP contribution in [-0.2, 0) is 4.79 Å². The second-order valence-corrected chi connectivity index (χ2v) is 4.84. The number of rotatable bonds is 4. The number of nitrogens with zero attached hydrogens (tertiary/aromatic N) is 1. The number of aromatic nitrogens is 1. The third kappa shape index (κ3) is 2.79. The van der Waals surface area contributed by atoms with Crippen molar-refractivity contribution < 1.29 is 13.9 Å². The monoisotopic (exact) mass is 296 g/mol. The molecule has 0 bridgehead atoms. The summed E-state index contributed by atoms with van der Waals surface area (Å²) in [6.45, 7) is 1.81. The van der Waals surface area contributed by atoms with E-state index < -0.39 is 0 Å². The van der Waals surface area contributed by atoms with Crippen molar-refractivity contribution in [3.05, 3.63) is 42.5 Å². The molecule has 1 amide bonds. The molecule has 2 aromatic carbocycles. The number of fused-ring (bicyclic) bond motifs is 1. The van der Waals surface area contributed by atoms with Gasteiger partial charge < -0.3 is 14.5 Å². The Kier molecular flexibility index (Phi) is 3.78. The minimum Gasteiger partial charge on any atom is -0.497 e. The van der Waals surface area contributed by atoms with Crippen LogP contribution >= 0.6 is 0 Å². The average Bonchev–Trinajstić information content (AvgIpc) is 2.98. The van der Waals surface area contributed by atoms with Crippen LogP contribution in [0.2, 0.25) is 0 Å². The van der Waals surface area contributed by atoms with Crippen LogP contribution in [0.15, 0.2) is 46.9 Å². The predicted octanol–water partition coefficient (Wildman–Crippen LogP) is 3.85. The van der Waals surface area contributed by atoms with Gasteiger partial charge in [-0.05, 0) is 30.3 Å². The lowest BCUT2D eigenvalue weighted by Gasteiger charge is -2.04. The second kappa shape index (κ2) is 5.89. The number of ether oxygens (including phenoxy) is 1. The van der Waals surface area contributed by atoms with Crippen LogP contribution in [0.1, 0.15) is 13.3 Å². The van der Waals surface area contributed by atoms with Gasteiger partial charge in [0.1, 0.15) is 11.3 Å². The van der Waals surface area contributed by atoms with E-state index >= 15 is 0 Å². The highest BCUT2D eigenvalue weighted by Gasteiger charge is 2.10. The van der Waals surface area contributed by atoms with E-state index in [1.807, 2.05) is 49.4 Å². The second-order valence-electron chi connectivity index (χ2n) is 4.84. The molecule has 3 aromatic rings. The van der Waals surface area contributed by atoms with Gasteiger partial charge in [0, 0.05) is 23.7 Å². The molecule has 22 heavy (non-hydrogen) atoms. The van der Waals surface area contributed by atoms with Crippen molar-refractivity contribution >= 4 is 22.7 Å². The first-order valence-corrected chi connectivity index (χ1v) is 7.04. The molecule has 1 N–H and O–H groups in total. The number of nitrogens with one attached hydrogen (secondary N) is 1. The Balaban J connectivity index is 1.96. The van der Waals surface area contributed by atoms with E-state index in [9.17, 15) is 4.79 Å². The molecule has 0 fully saturated rings. The molecule has 0 unspecified atom stereocenters. The van der Waals surface area contributed by atoms with Gasteiger partial charge in [0.2, 0.25) is 11.8 Å². The minimum atomic E-state index is -0.0283. The molecule has 0 saturated carbocycles. The summed E-state index contributed by atoms with van der Waals surface area (Å²) in [5, 5.41) is 2.83. The number of benzene rings is 2. The first-order valence-electron chi connectivity index (χ1n) is 7.04. The molecule has 0 atom stereocenters. The number of hydrogen-bond donors (Lipinski definition) is 1. The van der Waals surface area contributed by atoms with Gasteiger partial charge in [-0.25, -0.2) is 4.98 Å². The molecule has 112 valence electrons. The van der Waals surface area contributed by atoms with Crippen LogP contribution in [0.5, 0.6) is 5.75 Å². The molecule has 0 radical (unpaired) electrons. The maximum atomic E-state index is 11.5. The SMILES string of the molecule is CCC(=O)Nc1cccc(-c2nc3cc(OC)ccc3o2)c1. The molecule has 0 spiro atoms. The number of amides is 1. The number of methoxy groups -OCH3 is 1. The van der Waals surface area contributed by atoms with Gasteiger partial charge in [0.25, 0.3) is 0 Å². The Morgan fingerprint density at radius 3 is 2.91 bits per heavy atom. The molecule has 0 saturated heterocycles. The first kappa shape index (κ1) is 14.1. The van der Waals surface area contributed by atoms with Gasteiger partial charge in [0.15, 0.2) is 5.58 Å². The Morgan fingerprint density at radius 1 is 1.27 bits per heavy atom. The smallest absolute Gasteiger partial charge is 0.227 e. The molecular weight excluding hydrogens is 280 g/mol. The molecule has 5 heteroatoms. The van der Waals surface area contributed by atoms with Gasteiger partial charge in [-0.1, -0.05) is 13.0 Å². The number of carbonyl (C=O) groups excluding carboxylic acids is 1. The molecule has 0 aliphatic rings. The summed E-state index contributed by atoms with van der Waals surface area (Å²) in [4.78, 5) is 15.9. The fourth-order valence-electron chi connectivity index (χ4n) is 2.14. The van der Waals surface area contributed by atoms with Crippen LogP contribution in [0, 0.1) is 0 Å². The third-order valence-electron chi connectivity index (χ3n) is 3.31. The van der Waals surface area contributed by atoms with Crippen molar-refractivity contribution in [2.75, 3.05) is 12.4 Å². The third-order valence-corrected chi connectivity index (χ3v) is 3.31. The summed E-state index contributed by atoms with van der Waals surface area (Å²) >= 11 is 0. The molecule has 0 aliphatic heterocycles. The zero-order chi connectivity index (χ0) is 15.5. The van der Waals surface area contributed by atoms with Crippen LogP contribution in [-0.4, -0.2) is 18.0 Å². The van der Waals surface area contributed by atoms with Crippen molar-refractivity contribution in [2.24, 2.45) is 0 Å². The Bertz CT molecular complexity index is 824. The maximum Gasteiger partial charge on any atom is 0.227 e. The lowest BCUT2D eigenvalue weighted by atomic mass is 10.2. The Hall–Kier alpha value is -2.82. The zero-order valence-corrected chi connectivity index (χ0v) is 12.4. The van der Waals surface area contributed by atoms with Crippen molar-refractivity contribution in [1.82, 2.24) is 4.98 Å². The molecule has 5 nitrogen and oxygen atoms in total. The van der Waals surface area contributed by atoms with Crippen LogP contribution in [0.25, 0.3) is 22.6 Å². The minimum absolute atomic E-state index is 0.0283. The first-order chi connectivity index (χ1) is 10.7. The highest BCUT2D eigenvalue weighted by molar-refractivity contribution is 5.91. The standard InChI is InChI=1S/C17H16N2O3/c1-3-16(20)18-12-6-4-5-11(9-12)17-19-14-10-13(21-2)7-8-15(14)22-17/h4-10H,3H2,1-2H3,(H,18,20). The highest BCUT2D eigenvalue weighted by Crippen LogP contribution is 2.28. The van der Waals surface area contributed by atoms with Gasteiger partial charge in [-0.15, -0.1) is 0 Å². The summed E-state index contributed by atoms with van der Waals surface area (Å²) in [6, 6.07) is 12.9. The highest BCUT2D eigenvalue weighted by atomic mass is 16.5. The topological polar surface area (TPSA) is 64.4 Å². The van der Waals surface area contributed by atoms with E-state index in [1.54, 1.807) is 7.11 Å². The van der Waals surface area contributed by atoms with Crippen molar-refractivity contribution in [2.45, 2.75) is 13.3 Å². The Labute approximate surface area is 127 Å². The summed E-state index contributed by atoms with van der Waals surface area (Å²) in [6.07, 6.45) is 0.437. The number of anilines is 1. The number of hydrogen-bond acceptors (Lipinski definition) is 4. The van der Waals surface area contributed by atoms with Gasteiger partial charge in [0.05, 0.1) is 7.11 Å². The Morgan fingerprint density at radius 2 is 2.14 bits per heavy atom. The predicted molar refractivity (Wildman–Crippen MR) is 84.9 cm³/mol. The molecule has 0 aliphatic carbocycles. The summed E-state index contributed by atoms with van der Waals surface area (Å²) < 4.78 is 10.9. The van der Waals surface area contributed by atoms with Crippen molar-refractivity contribution in [3.8, 4) is 17.2 Å². The quantitative estimate of drug-likeness (QED) is 0.794. The summed E-state index contributed by atoms with van der Waals surface area (Å²) in [5.74, 6) is 1.21. The lowest BCUT2D eigenvalue weighted by molar-refractivity contribution is -0.115. The van der Waals surface area contributed by atoms with Gasteiger partial charge in [-0.3, -0.25) is 4.79 Å². The normalized spacial score (nSPS) is 10.6. The van der Waals surface area contributed by atoms with Gasteiger partial charge >= 0.3 is 0 Å². The van der Waals surface area contributed by atoms with Crippen LogP contribution in [0.3, 0.4) is 0 Å². The summed E-state index contributed by atoms with van der Waals surface area (Å²) in [7, 11) is 1.61. The molecule has 3 rings (SSSR count). The van der Waals surface area contributed by atoms with E-state index in [0.29, 0.717) is 17.9 Å². The van der Waals surface area contributed by atoms with Crippen LogP contribution in [0.4, 0.5) is 5.69 Å². The summed E-state index contributed by atoms with van der Waals surface area (Å²) in [5.41, 5.74) is 2.96. The van der Waals surface area contributed by atoms with Crippen molar-refractivity contribution in [3.63, 3.8) is 0 Å². The average molecular weight is 296 g/mol. The van der Waals surface area contributed by atoms with E-state index in [0.717, 1.165) is 22.5 Å². The van der Waals surface area contributed by atoms with E-state index in [1.165, 1.54) is 0 Å². The largest absolute Gasteiger partial charge is 0.497 e. The van der Waals surface area contributed by atoms with E-state index in [2.05, 4.69) is 10.3 Å². The van der Waals surface area contributed by atoms with Crippen molar-refractivity contribution in [1.29, 1.82) is 0 Å². The van der Waals surface area contributed by atoms with Crippen LogP contribution < -0.4 is 10.1 Å². The number of carbonyl (C=O) groups is 1. The van der Waals surface area contributed by atoms with E-state index in [-0.39, 0.29) is 5.91 Å². The molecular formula is C17H16N2O3.